The van der Waals surface area contributed by atoms with E-state index in [0.717, 1.165) is 11.8 Å². The molecule has 0 aromatic carbocycles. The predicted octanol–water partition coefficient (Wildman–Crippen LogP) is 4.81. The summed E-state index contributed by atoms with van der Waals surface area (Å²) in [7, 11) is 0. The van der Waals surface area contributed by atoms with E-state index in [1.165, 1.54) is 25.7 Å². The largest absolute Gasteiger partial charge is 0.0847 e. The molecule has 0 heterocycles. The summed E-state index contributed by atoms with van der Waals surface area (Å²) in [6, 6.07) is 0. The van der Waals surface area contributed by atoms with E-state index in [4.69, 9.17) is 0 Å². The number of hydrogen-bond donors (Lipinski definition) is 0. The van der Waals surface area contributed by atoms with Crippen molar-refractivity contribution in [2.45, 2.75) is 60.3 Å². The van der Waals surface area contributed by atoms with Crippen LogP contribution in [0.15, 0.2) is 11.6 Å². The average molecular weight is 206 g/mol. The van der Waals surface area contributed by atoms with Crippen molar-refractivity contribution >= 4 is 0 Å². The molecular formula is C15H26. The van der Waals surface area contributed by atoms with Crippen LogP contribution in [0.4, 0.5) is 0 Å². The smallest absolute Gasteiger partial charge is 0.0146 e. The molecule has 0 N–H and O–H groups in total. The van der Waals surface area contributed by atoms with E-state index in [1.807, 2.05) is 0 Å². The third-order valence-electron chi connectivity index (χ3n) is 4.75. The molecular weight excluding hydrogens is 180 g/mol. The average Bonchev–Trinajstić information content (AvgIpc) is 2.13. The van der Waals surface area contributed by atoms with Crippen molar-refractivity contribution in [3.8, 4) is 0 Å². The molecule has 1 fully saturated rings. The number of fused-ring (bicyclic) bond motifs is 1. The van der Waals surface area contributed by atoms with Gasteiger partial charge in [0.1, 0.15) is 0 Å². The molecule has 1 saturated carbocycles. The van der Waals surface area contributed by atoms with Gasteiger partial charge in [0.25, 0.3) is 0 Å². The predicted molar refractivity (Wildman–Crippen MR) is 66.8 cm³/mol. The third kappa shape index (κ3) is 2.00. The maximum absolute atomic E-state index is 2.55. The molecule has 15 heavy (non-hydrogen) atoms. The van der Waals surface area contributed by atoms with E-state index in [0.29, 0.717) is 10.8 Å². The minimum atomic E-state index is 0.492. The molecule has 0 spiro atoms. The number of hydrogen-bond acceptors (Lipinski definition) is 0. The molecule has 0 radical (unpaired) electrons. The summed E-state index contributed by atoms with van der Waals surface area (Å²) in [5, 5.41) is 0. The van der Waals surface area contributed by atoms with E-state index in [9.17, 15) is 0 Å². The summed E-state index contributed by atoms with van der Waals surface area (Å²) in [5.74, 6) is 1.90. The van der Waals surface area contributed by atoms with Crippen molar-refractivity contribution in [3.05, 3.63) is 11.6 Å². The summed E-state index contributed by atoms with van der Waals surface area (Å²) >= 11 is 0. The summed E-state index contributed by atoms with van der Waals surface area (Å²) in [6.45, 7) is 12.0. The zero-order valence-corrected chi connectivity index (χ0v) is 11.1. The van der Waals surface area contributed by atoms with E-state index in [2.05, 4.69) is 40.7 Å². The molecule has 0 amide bonds. The van der Waals surface area contributed by atoms with Gasteiger partial charge >= 0.3 is 0 Å². The van der Waals surface area contributed by atoms with Gasteiger partial charge in [0.05, 0.1) is 0 Å². The Kier molecular flexibility index (Phi) is 2.52. The molecule has 0 nitrogen and oxygen atoms in total. The van der Waals surface area contributed by atoms with Crippen LogP contribution in [0.5, 0.6) is 0 Å². The Morgan fingerprint density at radius 1 is 1.33 bits per heavy atom. The van der Waals surface area contributed by atoms with Gasteiger partial charge in [0.2, 0.25) is 0 Å². The molecule has 0 aromatic heterocycles. The SMILES string of the molecule is CC(C)(C)CCC1=CCC2CC1C2(C)C. The Morgan fingerprint density at radius 2 is 2.00 bits per heavy atom. The van der Waals surface area contributed by atoms with Gasteiger partial charge in [-0.05, 0) is 48.3 Å². The van der Waals surface area contributed by atoms with Gasteiger partial charge in [-0.15, -0.1) is 0 Å². The Bertz CT molecular complexity index is 275. The molecule has 0 heteroatoms. The quantitative estimate of drug-likeness (QED) is 0.569. The van der Waals surface area contributed by atoms with Crippen molar-refractivity contribution in [1.29, 1.82) is 0 Å². The second kappa shape index (κ2) is 3.37. The van der Waals surface area contributed by atoms with E-state index >= 15 is 0 Å². The van der Waals surface area contributed by atoms with Crippen LogP contribution < -0.4 is 0 Å². The third-order valence-corrected chi connectivity index (χ3v) is 4.75. The van der Waals surface area contributed by atoms with Gasteiger partial charge in [-0.2, -0.15) is 0 Å². The lowest BCUT2D eigenvalue weighted by atomic mass is 9.48. The second-order valence-electron chi connectivity index (χ2n) is 7.38. The fraction of sp³-hybridized carbons (Fsp3) is 0.867. The lowest BCUT2D eigenvalue weighted by Gasteiger charge is -2.56. The molecule has 3 rings (SSSR count). The van der Waals surface area contributed by atoms with Crippen molar-refractivity contribution in [1.82, 2.24) is 0 Å². The maximum Gasteiger partial charge on any atom is -0.0146 e. The van der Waals surface area contributed by atoms with Crippen LogP contribution >= 0.6 is 0 Å². The van der Waals surface area contributed by atoms with Crippen LogP contribution in [0.1, 0.15) is 60.3 Å². The molecule has 3 aliphatic carbocycles. The van der Waals surface area contributed by atoms with E-state index in [1.54, 1.807) is 5.57 Å². The topological polar surface area (TPSA) is 0 Å². The molecule has 3 aliphatic rings. The van der Waals surface area contributed by atoms with E-state index in [-0.39, 0.29) is 0 Å². The first kappa shape index (κ1) is 11.2. The van der Waals surface area contributed by atoms with Crippen LogP contribution in [-0.2, 0) is 0 Å². The van der Waals surface area contributed by atoms with Crippen molar-refractivity contribution < 1.29 is 0 Å². The molecule has 0 aromatic rings. The fourth-order valence-corrected chi connectivity index (χ4v) is 3.28. The lowest BCUT2D eigenvalue weighted by Crippen LogP contribution is -2.48. The minimum Gasteiger partial charge on any atom is -0.0847 e. The maximum atomic E-state index is 2.55. The first-order valence-electron chi connectivity index (χ1n) is 6.49. The standard InChI is InChI=1S/C15H26/c1-14(2,3)9-8-11-6-7-12-10-13(11)15(12,4)5/h6,12-13H,7-10H2,1-5H3. The van der Waals surface area contributed by atoms with Gasteiger partial charge in [-0.3, -0.25) is 0 Å². The highest BCUT2D eigenvalue weighted by Crippen LogP contribution is 2.60. The van der Waals surface area contributed by atoms with Crippen LogP contribution in [-0.4, -0.2) is 0 Å². The summed E-state index contributed by atoms with van der Waals surface area (Å²) < 4.78 is 0. The Balaban J connectivity index is 1.97. The summed E-state index contributed by atoms with van der Waals surface area (Å²) in [4.78, 5) is 0. The zero-order chi connectivity index (χ0) is 11.3. The molecule has 0 aliphatic heterocycles. The fourth-order valence-electron chi connectivity index (χ4n) is 3.28. The molecule has 2 atom stereocenters. The summed E-state index contributed by atoms with van der Waals surface area (Å²) in [5.41, 5.74) is 2.88. The Hall–Kier alpha value is -0.260. The molecule has 86 valence electrons. The lowest BCUT2D eigenvalue weighted by molar-refractivity contribution is -0.00903. The summed E-state index contributed by atoms with van der Waals surface area (Å²) in [6.07, 6.45) is 8.06. The van der Waals surface area contributed by atoms with E-state index < -0.39 is 0 Å². The number of rotatable bonds is 2. The molecule has 2 unspecified atom stereocenters. The van der Waals surface area contributed by atoms with Gasteiger partial charge < -0.3 is 0 Å². The van der Waals surface area contributed by atoms with Gasteiger partial charge in [-0.25, -0.2) is 0 Å². The zero-order valence-electron chi connectivity index (χ0n) is 11.1. The van der Waals surface area contributed by atoms with Crippen LogP contribution in [0.3, 0.4) is 0 Å². The van der Waals surface area contributed by atoms with Crippen molar-refractivity contribution in [2.24, 2.45) is 22.7 Å². The first-order valence-corrected chi connectivity index (χ1v) is 6.49. The minimum absolute atomic E-state index is 0.492. The van der Waals surface area contributed by atoms with Gasteiger partial charge in [-0.1, -0.05) is 46.3 Å². The highest BCUT2D eigenvalue weighted by molar-refractivity contribution is 5.23. The first-order chi connectivity index (χ1) is 6.81. The van der Waals surface area contributed by atoms with Gasteiger partial charge in [0, 0.05) is 0 Å². The number of allylic oxidation sites excluding steroid dienone is 2. The van der Waals surface area contributed by atoms with Crippen LogP contribution in [0.25, 0.3) is 0 Å². The monoisotopic (exact) mass is 206 g/mol. The Labute approximate surface area is 95.1 Å². The normalized spacial score (nSPS) is 33.3. The van der Waals surface area contributed by atoms with Crippen molar-refractivity contribution in [3.63, 3.8) is 0 Å². The highest BCUT2D eigenvalue weighted by atomic mass is 14.5. The van der Waals surface area contributed by atoms with Crippen molar-refractivity contribution in [2.75, 3.05) is 0 Å². The molecule has 0 saturated heterocycles. The van der Waals surface area contributed by atoms with Crippen LogP contribution in [0, 0.1) is 22.7 Å². The van der Waals surface area contributed by atoms with Gasteiger partial charge in [0.15, 0.2) is 0 Å². The molecule has 2 bridgehead atoms. The van der Waals surface area contributed by atoms with Crippen LogP contribution in [0.2, 0.25) is 0 Å². The second-order valence-corrected chi connectivity index (χ2v) is 7.38. The Morgan fingerprint density at radius 3 is 2.47 bits per heavy atom. The highest BCUT2D eigenvalue weighted by Gasteiger charge is 2.50.